The van der Waals surface area contributed by atoms with Gasteiger partial charge in [-0.05, 0) is 25.7 Å². The van der Waals surface area contributed by atoms with Crippen LogP contribution in [0.15, 0.2) is 0 Å². The first-order chi connectivity index (χ1) is 10.6. The Labute approximate surface area is 131 Å². The normalized spacial score (nSPS) is 28.7. The second kappa shape index (κ2) is 6.54. The Morgan fingerprint density at radius 1 is 0.955 bits per heavy atom. The molecule has 2 aliphatic heterocycles. The first kappa shape index (κ1) is 15.7. The number of amides is 2. The predicted octanol–water partition coefficient (Wildman–Crippen LogP) is 0.498. The van der Waals surface area contributed by atoms with Crippen LogP contribution in [0.25, 0.3) is 0 Å². The first-order valence-corrected chi connectivity index (χ1v) is 8.59. The molecule has 2 heterocycles. The fraction of sp³-hybridized carbons (Fsp3) is 0.875. The highest BCUT2D eigenvalue weighted by Gasteiger charge is 2.40. The highest BCUT2D eigenvalue weighted by molar-refractivity contribution is 5.87. The molecule has 3 aliphatic rings. The van der Waals surface area contributed by atoms with Crippen molar-refractivity contribution in [1.29, 1.82) is 0 Å². The van der Waals surface area contributed by atoms with Gasteiger partial charge in [-0.25, -0.2) is 0 Å². The number of carbonyl (C=O) groups is 2. The van der Waals surface area contributed by atoms with E-state index in [2.05, 4.69) is 0 Å². The number of hydrogen-bond donors (Lipinski definition) is 1. The van der Waals surface area contributed by atoms with E-state index in [-0.39, 0.29) is 17.9 Å². The summed E-state index contributed by atoms with van der Waals surface area (Å²) >= 11 is 0. The van der Waals surface area contributed by atoms with E-state index in [4.69, 9.17) is 10.5 Å². The molecule has 22 heavy (non-hydrogen) atoms. The zero-order valence-corrected chi connectivity index (χ0v) is 13.3. The first-order valence-electron chi connectivity index (χ1n) is 8.59. The molecule has 6 heteroatoms. The van der Waals surface area contributed by atoms with Crippen molar-refractivity contribution in [2.45, 2.75) is 56.6 Å². The molecule has 1 saturated carbocycles. The summed E-state index contributed by atoms with van der Waals surface area (Å²) in [5, 5.41) is 0. The van der Waals surface area contributed by atoms with Gasteiger partial charge < -0.3 is 20.3 Å². The molecule has 0 spiro atoms. The summed E-state index contributed by atoms with van der Waals surface area (Å²) in [7, 11) is 0. The summed E-state index contributed by atoms with van der Waals surface area (Å²) in [6.45, 7) is 3.07. The number of hydrogen-bond acceptors (Lipinski definition) is 4. The molecule has 124 valence electrons. The minimum atomic E-state index is -0.668. The summed E-state index contributed by atoms with van der Waals surface area (Å²) in [4.78, 5) is 28.7. The van der Waals surface area contributed by atoms with Crippen LogP contribution in [0.5, 0.6) is 0 Å². The summed E-state index contributed by atoms with van der Waals surface area (Å²) in [6.07, 6.45) is 6.37. The van der Waals surface area contributed by atoms with Crippen molar-refractivity contribution in [3.8, 4) is 0 Å². The number of ether oxygens (including phenoxy) is 1. The molecule has 3 fully saturated rings. The highest BCUT2D eigenvalue weighted by atomic mass is 16.5. The Morgan fingerprint density at radius 2 is 1.59 bits per heavy atom. The van der Waals surface area contributed by atoms with E-state index in [9.17, 15) is 9.59 Å². The summed E-state index contributed by atoms with van der Waals surface area (Å²) < 4.78 is 5.46. The highest BCUT2D eigenvalue weighted by Crippen LogP contribution is 2.28. The van der Waals surface area contributed by atoms with Crippen LogP contribution in [0.2, 0.25) is 0 Å². The Morgan fingerprint density at radius 3 is 2.18 bits per heavy atom. The summed E-state index contributed by atoms with van der Waals surface area (Å²) in [5.41, 5.74) is 5.67. The van der Waals surface area contributed by atoms with Gasteiger partial charge in [0.05, 0.1) is 5.54 Å². The van der Waals surface area contributed by atoms with Crippen molar-refractivity contribution >= 4 is 11.8 Å². The van der Waals surface area contributed by atoms with Crippen molar-refractivity contribution in [2.75, 3.05) is 32.8 Å². The molecule has 0 radical (unpaired) electrons. The Balaban J connectivity index is 1.52. The van der Waals surface area contributed by atoms with Crippen LogP contribution in [-0.2, 0) is 14.3 Å². The van der Waals surface area contributed by atoms with Crippen LogP contribution in [-0.4, -0.2) is 66.0 Å². The van der Waals surface area contributed by atoms with E-state index >= 15 is 0 Å². The maximum absolute atomic E-state index is 12.7. The van der Waals surface area contributed by atoms with Gasteiger partial charge in [-0.2, -0.15) is 0 Å². The van der Waals surface area contributed by atoms with Crippen molar-refractivity contribution in [2.24, 2.45) is 5.73 Å². The molecule has 0 aromatic carbocycles. The number of piperazine rings is 1. The molecule has 2 N–H and O–H groups in total. The van der Waals surface area contributed by atoms with Gasteiger partial charge in [0, 0.05) is 32.8 Å². The largest absolute Gasteiger partial charge is 0.368 e. The molecule has 0 bridgehead atoms. The molecule has 0 aromatic rings. The van der Waals surface area contributed by atoms with Gasteiger partial charge in [0.25, 0.3) is 5.91 Å². The molecule has 1 unspecified atom stereocenters. The fourth-order valence-corrected chi connectivity index (χ4v) is 3.82. The maximum Gasteiger partial charge on any atom is 0.251 e. The van der Waals surface area contributed by atoms with Crippen LogP contribution in [0.1, 0.15) is 44.9 Å². The molecular formula is C16H27N3O3. The van der Waals surface area contributed by atoms with E-state index < -0.39 is 5.54 Å². The average molecular weight is 309 g/mol. The average Bonchev–Trinajstić information content (AvgIpc) is 3.09. The van der Waals surface area contributed by atoms with Gasteiger partial charge in [-0.1, -0.05) is 19.3 Å². The number of carbonyl (C=O) groups excluding carboxylic acids is 2. The second-order valence-corrected chi connectivity index (χ2v) is 6.84. The Kier molecular flexibility index (Phi) is 4.68. The number of nitrogens with two attached hydrogens (primary N) is 1. The molecule has 2 saturated heterocycles. The third kappa shape index (κ3) is 3.13. The smallest absolute Gasteiger partial charge is 0.251 e. The minimum absolute atomic E-state index is 0.0800. The zero-order valence-electron chi connectivity index (χ0n) is 13.3. The molecule has 3 rings (SSSR count). The predicted molar refractivity (Wildman–Crippen MR) is 82.1 cm³/mol. The third-order valence-electron chi connectivity index (χ3n) is 5.26. The molecular weight excluding hydrogens is 282 g/mol. The van der Waals surface area contributed by atoms with Gasteiger partial charge in [-0.3, -0.25) is 9.59 Å². The summed E-state index contributed by atoms with van der Waals surface area (Å²) in [6, 6.07) is 0. The van der Waals surface area contributed by atoms with Gasteiger partial charge >= 0.3 is 0 Å². The van der Waals surface area contributed by atoms with Crippen molar-refractivity contribution in [3.63, 3.8) is 0 Å². The maximum atomic E-state index is 12.7. The topological polar surface area (TPSA) is 75.9 Å². The van der Waals surface area contributed by atoms with Crippen molar-refractivity contribution in [3.05, 3.63) is 0 Å². The van der Waals surface area contributed by atoms with Gasteiger partial charge in [0.1, 0.15) is 6.10 Å². The SMILES string of the molecule is NC1(C(=O)N2CCN(C(=O)C3CCCO3)CC2)CCCCC1. The fourth-order valence-electron chi connectivity index (χ4n) is 3.82. The van der Waals surface area contributed by atoms with E-state index in [0.29, 0.717) is 32.8 Å². The van der Waals surface area contributed by atoms with E-state index in [1.165, 1.54) is 6.42 Å². The van der Waals surface area contributed by atoms with Gasteiger partial charge in [-0.15, -0.1) is 0 Å². The van der Waals surface area contributed by atoms with Crippen molar-refractivity contribution < 1.29 is 14.3 Å². The monoisotopic (exact) mass is 309 g/mol. The molecule has 1 atom stereocenters. The van der Waals surface area contributed by atoms with Crippen LogP contribution in [0.3, 0.4) is 0 Å². The second-order valence-electron chi connectivity index (χ2n) is 6.84. The Hall–Kier alpha value is -1.14. The van der Waals surface area contributed by atoms with Crippen LogP contribution in [0.4, 0.5) is 0 Å². The lowest BCUT2D eigenvalue weighted by Gasteiger charge is -2.41. The lowest BCUT2D eigenvalue weighted by atomic mass is 9.81. The molecule has 0 aromatic heterocycles. The third-order valence-corrected chi connectivity index (χ3v) is 5.26. The minimum Gasteiger partial charge on any atom is -0.368 e. The van der Waals surface area contributed by atoms with Crippen LogP contribution >= 0.6 is 0 Å². The van der Waals surface area contributed by atoms with Crippen LogP contribution < -0.4 is 5.73 Å². The summed E-state index contributed by atoms with van der Waals surface area (Å²) in [5.74, 6) is 0.168. The molecule has 6 nitrogen and oxygen atoms in total. The Bertz CT molecular complexity index is 420. The molecule has 2 amide bonds. The van der Waals surface area contributed by atoms with E-state index in [0.717, 1.165) is 38.5 Å². The lowest BCUT2D eigenvalue weighted by molar-refractivity contribution is -0.148. The number of rotatable bonds is 2. The van der Waals surface area contributed by atoms with Gasteiger partial charge in [0.2, 0.25) is 5.91 Å². The van der Waals surface area contributed by atoms with E-state index in [1.54, 1.807) is 0 Å². The lowest BCUT2D eigenvalue weighted by Crippen LogP contribution is -2.61. The standard InChI is InChI=1S/C16H27N3O3/c17-16(6-2-1-3-7-16)15(21)19-10-8-18(9-11-19)14(20)13-5-4-12-22-13/h13H,1-12,17H2. The number of nitrogens with zero attached hydrogens (tertiary/aromatic N) is 2. The van der Waals surface area contributed by atoms with Crippen molar-refractivity contribution in [1.82, 2.24) is 9.80 Å². The quantitative estimate of drug-likeness (QED) is 0.806. The van der Waals surface area contributed by atoms with Gasteiger partial charge in [0.15, 0.2) is 0 Å². The molecule has 1 aliphatic carbocycles. The van der Waals surface area contributed by atoms with E-state index in [1.807, 2.05) is 9.80 Å². The zero-order chi connectivity index (χ0) is 15.6. The van der Waals surface area contributed by atoms with Crippen LogP contribution in [0, 0.1) is 0 Å².